The Bertz CT molecular complexity index is 1310. The molecule has 0 saturated carbocycles. The molecule has 0 aliphatic carbocycles. The standard InChI is InChI=1S/C24H19N5O3S/c1-15-20(33-24(26-15)16-7-3-2-4-8-16)23(32)29-28-22(31)17-9-5-11-19(13-17)27-21(30)18-10-6-12-25-14-18/h2-14H,1H3,(H,27,30)(H,28,31)(H,29,32). The van der Waals surface area contributed by atoms with Crippen LogP contribution in [0.2, 0.25) is 0 Å². The number of hydrogen-bond donors (Lipinski definition) is 3. The molecular formula is C24H19N5O3S. The predicted molar refractivity (Wildman–Crippen MR) is 126 cm³/mol. The minimum absolute atomic E-state index is 0.269. The number of rotatable bonds is 5. The third-order valence-corrected chi connectivity index (χ3v) is 5.82. The van der Waals surface area contributed by atoms with E-state index in [2.05, 4.69) is 26.1 Å². The fourth-order valence-corrected chi connectivity index (χ4v) is 3.96. The van der Waals surface area contributed by atoms with Gasteiger partial charge in [0.2, 0.25) is 0 Å². The van der Waals surface area contributed by atoms with Gasteiger partial charge in [0.15, 0.2) is 0 Å². The Balaban J connectivity index is 1.39. The minimum atomic E-state index is -0.522. The highest BCUT2D eigenvalue weighted by molar-refractivity contribution is 7.17. The van der Waals surface area contributed by atoms with Crippen molar-refractivity contribution in [2.75, 3.05) is 5.32 Å². The van der Waals surface area contributed by atoms with Crippen LogP contribution in [0.3, 0.4) is 0 Å². The topological polar surface area (TPSA) is 113 Å². The number of benzene rings is 2. The molecule has 2 aromatic carbocycles. The summed E-state index contributed by atoms with van der Waals surface area (Å²) in [5.74, 6) is -1.32. The van der Waals surface area contributed by atoms with Gasteiger partial charge in [0, 0.05) is 29.2 Å². The van der Waals surface area contributed by atoms with E-state index in [1.54, 1.807) is 43.5 Å². The molecule has 3 N–H and O–H groups in total. The zero-order valence-electron chi connectivity index (χ0n) is 17.5. The molecule has 0 atom stereocenters. The Labute approximate surface area is 193 Å². The predicted octanol–water partition coefficient (Wildman–Crippen LogP) is 3.84. The second kappa shape index (κ2) is 9.84. The smallest absolute Gasteiger partial charge is 0.281 e. The highest BCUT2D eigenvalue weighted by Crippen LogP contribution is 2.27. The van der Waals surface area contributed by atoms with Gasteiger partial charge < -0.3 is 5.32 Å². The molecule has 0 saturated heterocycles. The number of aromatic nitrogens is 2. The van der Waals surface area contributed by atoms with Gasteiger partial charge in [-0.05, 0) is 37.3 Å². The van der Waals surface area contributed by atoms with Crippen LogP contribution in [0.15, 0.2) is 79.1 Å². The van der Waals surface area contributed by atoms with Crippen LogP contribution >= 0.6 is 11.3 Å². The summed E-state index contributed by atoms with van der Waals surface area (Å²) in [6.07, 6.45) is 3.03. The molecule has 0 fully saturated rings. The Hall–Kier alpha value is -4.37. The number of nitrogens with one attached hydrogen (secondary N) is 3. The van der Waals surface area contributed by atoms with E-state index < -0.39 is 11.8 Å². The van der Waals surface area contributed by atoms with E-state index in [4.69, 9.17) is 0 Å². The van der Waals surface area contributed by atoms with Crippen LogP contribution < -0.4 is 16.2 Å². The van der Waals surface area contributed by atoms with Crippen molar-refractivity contribution in [2.24, 2.45) is 0 Å². The number of amides is 3. The number of carbonyl (C=O) groups excluding carboxylic acids is 3. The van der Waals surface area contributed by atoms with Crippen molar-refractivity contribution in [2.45, 2.75) is 6.92 Å². The number of thiazole rings is 1. The summed E-state index contributed by atoms with van der Waals surface area (Å²) in [7, 11) is 0. The first-order valence-corrected chi connectivity index (χ1v) is 10.8. The van der Waals surface area contributed by atoms with Gasteiger partial charge in [0.05, 0.1) is 11.3 Å². The van der Waals surface area contributed by atoms with Crippen molar-refractivity contribution >= 4 is 34.7 Å². The quantitative estimate of drug-likeness (QED) is 0.394. The fraction of sp³-hybridized carbons (Fsp3) is 0.0417. The van der Waals surface area contributed by atoms with Crippen molar-refractivity contribution in [3.63, 3.8) is 0 Å². The average Bonchev–Trinajstić information content (AvgIpc) is 3.25. The Morgan fingerprint density at radius 1 is 0.818 bits per heavy atom. The lowest BCUT2D eigenvalue weighted by molar-refractivity contribution is 0.0848. The van der Waals surface area contributed by atoms with Crippen molar-refractivity contribution < 1.29 is 14.4 Å². The summed E-state index contributed by atoms with van der Waals surface area (Å²) in [4.78, 5) is 46.2. The zero-order valence-corrected chi connectivity index (χ0v) is 18.3. The maximum Gasteiger partial charge on any atom is 0.281 e. The number of anilines is 1. The maximum absolute atomic E-state index is 12.6. The van der Waals surface area contributed by atoms with Crippen LogP contribution in [-0.4, -0.2) is 27.7 Å². The van der Waals surface area contributed by atoms with E-state index in [9.17, 15) is 14.4 Å². The number of hydrazine groups is 1. The van der Waals surface area contributed by atoms with Crippen LogP contribution in [0, 0.1) is 6.92 Å². The van der Waals surface area contributed by atoms with E-state index in [-0.39, 0.29) is 11.5 Å². The van der Waals surface area contributed by atoms with Gasteiger partial charge in [-0.15, -0.1) is 11.3 Å². The summed E-state index contributed by atoms with van der Waals surface area (Å²) < 4.78 is 0. The van der Waals surface area contributed by atoms with Gasteiger partial charge in [-0.2, -0.15) is 0 Å². The maximum atomic E-state index is 12.6. The number of pyridine rings is 1. The summed E-state index contributed by atoms with van der Waals surface area (Å²) in [5.41, 5.74) is 7.42. The van der Waals surface area contributed by atoms with Crippen LogP contribution in [0.1, 0.15) is 36.1 Å². The fourth-order valence-electron chi connectivity index (χ4n) is 2.99. The number of aryl methyl sites for hydroxylation is 1. The third-order valence-electron chi connectivity index (χ3n) is 4.62. The molecule has 0 aliphatic heterocycles. The molecule has 9 heteroatoms. The van der Waals surface area contributed by atoms with E-state index in [0.29, 0.717) is 21.8 Å². The van der Waals surface area contributed by atoms with Crippen LogP contribution in [-0.2, 0) is 0 Å². The molecule has 164 valence electrons. The van der Waals surface area contributed by atoms with Crippen LogP contribution in [0.5, 0.6) is 0 Å². The minimum Gasteiger partial charge on any atom is -0.322 e. The van der Waals surface area contributed by atoms with Gasteiger partial charge in [-0.1, -0.05) is 36.4 Å². The van der Waals surface area contributed by atoms with Gasteiger partial charge in [-0.25, -0.2) is 4.98 Å². The first-order chi connectivity index (χ1) is 16.0. The summed E-state index contributed by atoms with van der Waals surface area (Å²) >= 11 is 1.25. The number of hydrogen-bond acceptors (Lipinski definition) is 6. The zero-order chi connectivity index (χ0) is 23.2. The lowest BCUT2D eigenvalue weighted by atomic mass is 10.2. The SMILES string of the molecule is Cc1nc(-c2ccccc2)sc1C(=O)NNC(=O)c1cccc(NC(=O)c2cccnc2)c1. The molecule has 0 radical (unpaired) electrons. The van der Waals surface area contributed by atoms with Crippen LogP contribution in [0.4, 0.5) is 5.69 Å². The largest absolute Gasteiger partial charge is 0.322 e. The second-order valence-corrected chi connectivity index (χ2v) is 7.98. The van der Waals surface area contributed by atoms with E-state index in [0.717, 1.165) is 10.6 Å². The van der Waals surface area contributed by atoms with Gasteiger partial charge in [-0.3, -0.25) is 30.2 Å². The number of nitrogens with zero attached hydrogens (tertiary/aromatic N) is 2. The number of carbonyl (C=O) groups is 3. The molecule has 0 spiro atoms. The highest BCUT2D eigenvalue weighted by Gasteiger charge is 2.17. The van der Waals surface area contributed by atoms with Crippen molar-refractivity contribution in [1.82, 2.24) is 20.8 Å². The molecule has 33 heavy (non-hydrogen) atoms. The van der Waals surface area contributed by atoms with Crippen molar-refractivity contribution in [3.8, 4) is 10.6 Å². The Kier molecular flexibility index (Phi) is 6.51. The summed E-state index contributed by atoms with van der Waals surface area (Å²) in [6, 6.07) is 19.2. The highest BCUT2D eigenvalue weighted by atomic mass is 32.1. The third kappa shape index (κ3) is 5.28. The lowest BCUT2D eigenvalue weighted by Crippen LogP contribution is -2.41. The molecule has 3 amide bonds. The molecule has 2 aromatic heterocycles. The average molecular weight is 458 g/mol. The van der Waals surface area contributed by atoms with Gasteiger partial charge in [0.25, 0.3) is 17.7 Å². The molecular weight excluding hydrogens is 438 g/mol. The molecule has 0 bridgehead atoms. The Morgan fingerprint density at radius 3 is 2.33 bits per heavy atom. The molecule has 4 rings (SSSR count). The first kappa shape index (κ1) is 21.8. The lowest BCUT2D eigenvalue weighted by Gasteiger charge is -2.09. The molecule has 0 unspecified atom stereocenters. The Morgan fingerprint density at radius 2 is 1.58 bits per heavy atom. The van der Waals surface area contributed by atoms with Gasteiger partial charge >= 0.3 is 0 Å². The van der Waals surface area contributed by atoms with Crippen LogP contribution in [0.25, 0.3) is 10.6 Å². The van der Waals surface area contributed by atoms with E-state index >= 15 is 0 Å². The molecule has 0 aliphatic rings. The van der Waals surface area contributed by atoms with Crippen molar-refractivity contribution in [1.29, 1.82) is 0 Å². The van der Waals surface area contributed by atoms with E-state index in [1.165, 1.54) is 23.6 Å². The van der Waals surface area contributed by atoms with Gasteiger partial charge in [0.1, 0.15) is 9.88 Å². The normalized spacial score (nSPS) is 10.3. The second-order valence-electron chi connectivity index (χ2n) is 6.98. The molecule has 8 nitrogen and oxygen atoms in total. The first-order valence-electron chi connectivity index (χ1n) is 9.96. The monoisotopic (exact) mass is 457 g/mol. The van der Waals surface area contributed by atoms with Crippen molar-refractivity contribution in [3.05, 3.63) is 101 Å². The summed E-state index contributed by atoms with van der Waals surface area (Å²) in [5, 5.41) is 3.44. The summed E-state index contributed by atoms with van der Waals surface area (Å²) in [6.45, 7) is 1.74. The molecule has 4 aromatic rings. The molecule has 2 heterocycles. The van der Waals surface area contributed by atoms with E-state index in [1.807, 2.05) is 30.3 Å².